The number of fused-ring (bicyclic) bond motifs is 1. The molecule has 124 valence electrons. The van der Waals surface area contributed by atoms with E-state index in [1.165, 1.54) is 41.7 Å². The molecule has 2 aliphatic carbocycles. The van der Waals surface area contributed by atoms with Gasteiger partial charge < -0.3 is 0 Å². The number of nitrogens with zero attached hydrogens (tertiary/aromatic N) is 5. The minimum Gasteiger partial charge on any atom is -0.263 e. The largest absolute Gasteiger partial charge is 0.263 e. The van der Waals surface area contributed by atoms with Crippen molar-refractivity contribution < 1.29 is 0 Å². The highest BCUT2D eigenvalue weighted by molar-refractivity contribution is 5.77. The van der Waals surface area contributed by atoms with E-state index < -0.39 is 0 Å². The number of H-pyrrole nitrogens is 1. The fourth-order valence-electron chi connectivity index (χ4n) is 3.74. The molecule has 0 radical (unpaired) electrons. The molecule has 1 aromatic carbocycles. The number of aromatic nitrogens is 6. The molecule has 0 bridgehead atoms. The normalized spacial score (nSPS) is 16.0. The van der Waals surface area contributed by atoms with Crippen LogP contribution in [0.3, 0.4) is 0 Å². The second-order valence-electron chi connectivity index (χ2n) is 6.56. The molecule has 5 rings (SSSR count). The maximum atomic E-state index is 4.80. The summed E-state index contributed by atoms with van der Waals surface area (Å²) in [6.45, 7) is 0.751. The lowest BCUT2D eigenvalue weighted by atomic mass is 10.0. The molecule has 2 aromatic heterocycles. The Labute approximate surface area is 145 Å². The van der Waals surface area contributed by atoms with E-state index in [2.05, 4.69) is 61.7 Å². The lowest BCUT2D eigenvalue weighted by Crippen LogP contribution is -2.06. The van der Waals surface area contributed by atoms with Crippen LogP contribution in [0, 0.1) is 0 Å². The molecular formula is C19H18N6. The van der Waals surface area contributed by atoms with Gasteiger partial charge >= 0.3 is 0 Å². The van der Waals surface area contributed by atoms with Crippen LogP contribution in [0.5, 0.6) is 0 Å². The van der Waals surface area contributed by atoms with Crippen molar-refractivity contribution in [1.82, 2.24) is 30.4 Å². The molecule has 2 heterocycles. The average Bonchev–Trinajstić information content (AvgIpc) is 3.41. The third kappa shape index (κ3) is 2.50. The first kappa shape index (κ1) is 14.3. The van der Waals surface area contributed by atoms with Gasteiger partial charge in [0.1, 0.15) is 5.69 Å². The Morgan fingerprint density at radius 1 is 1.12 bits per heavy atom. The monoisotopic (exact) mass is 330 g/mol. The molecule has 0 atom stereocenters. The molecule has 1 N–H and O–H groups in total. The van der Waals surface area contributed by atoms with Gasteiger partial charge in [-0.05, 0) is 47.3 Å². The Morgan fingerprint density at radius 3 is 2.80 bits per heavy atom. The second kappa shape index (κ2) is 5.81. The highest BCUT2D eigenvalue weighted by atomic mass is 15.5. The maximum Gasteiger partial charge on any atom is 0.225 e. The molecule has 6 nitrogen and oxygen atoms in total. The standard InChI is InChI=1S/C19H18N6/c1-2-6-13(7-3-1)12-25-17-11-15(14-8-4-5-9-14)10-16(17)18(22-25)19-20-23-24-21-19/h1-3,6-8,10H,4-5,9,11-12H2,(H,20,21,23,24). The van der Waals surface area contributed by atoms with Gasteiger partial charge in [-0.25, -0.2) is 0 Å². The highest BCUT2D eigenvalue weighted by Gasteiger charge is 2.27. The van der Waals surface area contributed by atoms with Crippen LogP contribution < -0.4 is 0 Å². The maximum absolute atomic E-state index is 4.80. The molecule has 0 saturated carbocycles. The second-order valence-corrected chi connectivity index (χ2v) is 6.56. The van der Waals surface area contributed by atoms with E-state index in [4.69, 9.17) is 5.10 Å². The Hall–Kier alpha value is -3.02. The Kier molecular flexibility index (Phi) is 3.33. The molecule has 3 aromatic rings. The van der Waals surface area contributed by atoms with Crippen molar-refractivity contribution in [3.63, 3.8) is 0 Å². The number of tetrazole rings is 1. The zero-order valence-corrected chi connectivity index (χ0v) is 13.8. The van der Waals surface area contributed by atoms with Crippen molar-refractivity contribution in [3.8, 4) is 11.5 Å². The third-order valence-corrected chi connectivity index (χ3v) is 4.96. The van der Waals surface area contributed by atoms with Crippen LogP contribution in [-0.4, -0.2) is 30.4 Å². The predicted molar refractivity (Wildman–Crippen MR) is 94.6 cm³/mol. The zero-order valence-electron chi connectivity index (χ0n) is 13.8. The van der Waals surface area contributed by atoms with Crippen molar-refractivity contribution >= 4 is 6.08 Å². The van der Waals surface area contributed by atoms with Gasteiger partial charge in [0.2, 0.25) is 5.82 Å². The van der Waals surface area contributed by atoms with Crippen LogP contribution in [0.2, 0.25) is 0 Å². The van der Waals surface area contributed by atoms with E-state index in [1.54, 1.807) is 0 Å². The quantitative estimate of drug-likeness (QED) is 0.797. The summed E-state index contributed by atoms with van der Waals surface area (Å²) in [5.41, 5.74) is 7.33. The number of hydrogen-bond acceptors (Lipinski definition) is 4. The van der Waals surface area contributed by atoms with Gasteiger partial charge in [-0.1, -0.05) is 36.4 Å². The zero-order chi connectivity index (χ0) is 16.6. The summed E-state index contributed by atoms with van der Waals surface area (Å²) < 4.78 is 2.09. The molecule has 0 amide bonds. The van der Waals surface area contributed by atoms with E-state index in [0.717, 1.165) is 24.2 Å². The first-order chi connectivity index (χ1) is 12.4. The summed E-state index contributed by atoms with van der Waals surface area (Å²) in [5, 5.41) is 19.3. The Bertz CT molecular complexity index is 963. The van der Waals surface area contributed by atoms with Gasteiger partial charge in [0.05, 0.1) is 12.2 Å². The summed E-state index contributed by atoms with van der Waals surface area (Å²) in [6.07, 6.45) is 9.21. The molecule has 2 aliphatic rings. The van der Waals surface area contributed by atoms with Crippen molar-refractivity contribution in [2.24, 2.45) is 0 Å². The van der Waals surface area contributed by atoms with Gasteiger partial charge in [0.15, 0.2) is 0 Å². The van der Waals surface area contributed by atoms with Crippen molar-refractivity contribution in [2.45, 2.75) is 32.2 Å². The van der Waals surface area contributed by atoms with Crippen molar-refractivity contribution in [3.05, 3.63) is 64.4 Å². The first-order valence-corrected chi connectivity index (χ1v) is 8.66. The Morgan fingerprint density at radius 2 is 2.04 bits per heavy atom. The minimum absolute atomic E-state index is 0.556. The Balaban J connectivity index is 1.57. The molecule has 0 spiro atoms. The van der Waals surface area contributed by atoms with Crippen LogP contribution in [0.1, 0.15) is 36.1 Å². The highest BCUT2D eigenvalue weighted by Crippen LogP contribution is 2.38. The van der Waals surface area contributed by atoms with Crippen LogP contribution in [0.15, 0.2) is 47.6 Å². The van der Waals surface area contributed by atoms with Crippen LogP contribution in [0.4, 0.5) is 0 Å². The minimum atomic E-state index is 0.556. The number of nitrogens with one attached hydrogen (secondary N) is 1. The van der Waals surface area contributed by atoms with E-state index in [1.807, 2.05) is 6.07 Å². The summed E-state index contributed by atoms with van der Waals surface area (Å²) in [4.78, 5) is 0. The molecule has 0 unspecified atom stereocenters. The van der Waals surface area contributed by atoms with E-state index in [9.17, 15) is 0 Å². The molecule has 6 heteroatoms. The molecule has 0 fully saturated rings. The topological polar surface area (TPSA) is 72.3 Å². The number of benzene rings is 1. The number of hydrogen-bond donors (Lipinski definition) is 1. The molecule has 0 aliphatic heterocycles. The summed E-state index contributed by atoms with van der Waals surface area (Å²) in [7, 11) is 0. The van der Waals surface area contributed by atoms with Crippen LogP contribution in [-0.2, 0) is 13.0 Å². The van der Waals surface area contributed by atoms with Gasteiger partial charge in [0, 0.05) is 12.0 Å². The molecule has 0 saturated heterocycles. The number of rotatable bonds is 4. The number of allylic oxidation sites excluding steroid dienone is 3. The van der Waals surface area contributed by atoms with Gasteiger partial charge in [-0.3, -0.25) is 4.68 Å². The summed E-state index contributed by atoms with van der Waals surface area (Å²) >= 11 is 0. The van der Waals surface area contributed by atoms with Crippen molar-refractivity contribution in [1.29, 1.82) is 0 Å². The van der Waals surface area contributed by atoms with E-state index in [0.29, 0.717) is 5.82 Å². The van der Waals surface area contributed by atoms with Crippen LogP contribution in [0.25, 0.3) is 17.6 Å². The fourth-order valence-corrected chi connectivity index (χ4v) is 3.74. The van der Waals surface area contributed by atoms with Gasteiger partial charge in [-0.2, -0.15) is 10.3 Å². The smallest absolute Gasteiger partial charge is 0.225 e. The van der Waals surface area contributed by atoms with Crippen LogP contribution >= 0.6 is 0 Å². The average molecular weight is 330 g/mol. The lowest BCUT2D eigenvalue weighted by molar-refractivity contribution is 0.656. The van der Waals surface area contributed by atoms with Gasteiger partial charge in [-0.15, -0.1) is 10.2 Å². The van der Waals surface area contributed by atoms with E-state index >= 15 is 0 Å². The van der Waals surface area contributed by atoms with Crippen molar-refractivity contribution in [2.75, 3.05) is 0 Å². The molecule has 25 heavy (non-hydrogen) atoms. The molecular weight excluding hydrogens is 312 g/mol. The predicted octanol–water partition coefficient (Wildman–Crippen LogP) is 3.16. The lowest BCUT2D eigenvalue weighted by Gasteiger charge is -2.08. The summed E-state index contributed by atoms with van der Waals surface area (Å²) in [5.74, 6) is 0.556. The summed E-state index contributed by atoms with van der Waals surface area (Å²) in [6, 6.07) is 10.4. The van der Waals surface area contributed by atoms with E-state index in [-0.39, 0.29) is 0 Å². The van der Waals surface area contributed by atoms with Gasteiger partial charge in [0.25, 0.3) is 0 Å². The fraction of sp³-hybridized carbons (Fsp3) is 0.263. The third-order valence-electron chi connectivity index (χ3n) is 4.96. The first-order valence-electron chi connectivity index (χ1n) is 8.66. The number of aromatic amines is 1. The SMILES string of the molecule is C1=C(C2=Cc3c(-c4nn[nH]n4)nn(Cc4ccccc4)c3C2)CCC1.